The lowest BCUT2D eigenvalue weighted by Gasteiger charge is -2.16. The fourth-order valence-electron chi connectivity index (χ4n) is 5.12. The maximum Gasteiger partial charge on any atom is 0.231 e. The lowest BCUT2D eigenvalue weighted by Crippen LogP contribution is -2.27. The van der Waals surface area contributed by atoms with Crippen molar-refractivity contribution in [2.75, 3.05) is 20.1 Å². The summed E-state index contributed by atoms with van der Waals surface area (Å²) >= 11 is 0. The molecule has 0 saturated carbocycles. The fraction of sp³-hybridized carbons (Fsp3) is 0.485. The van der Waals surface area contributed by atoms with Crippen LogP contribution in [0, 0.1) is 6.92 Å². The molecule has 0 bridgehead atoms. The number of phenolic OH excluding ortho intramolecular Hbond substituents is 1. The van der Waals surface area contributed by atoms with E-state index in [1.54, 1.807) is 22.8 Å². The predicted molar refractivity (Wildman–Crippen MR) is 161 cm³/mol. The molecule has 3 rings (SSSR count). The van der Waals surface area contributed by atoms with Crippen molar-refractivity contribution in [2.24, 2.45) is 0 Å². The van der Waals surface area contributed by atoms with E-state index >= 15 is 0 Å². The summed E-state index contributed by atoms with van der Waals surface area (Å²) in [5, 5.41) is 13.9. The van der Waals surface area contributed by atoms with Gasteiger partial charge in [0.25, 0.3) is 0 Å². The van der Waals surface area contributed by atoms with Crippen LogP contribution in [0.3, 0.4) is 0 Å². The highest BCUT2D eigenvalue weighted by Gasteiger charge is 2.21. The van der Waals surface area contributed by atoms with Crippen LogP contribution in [0.5, 0.6) is 5.75 Å². The summed E-state index contributed by atoms with van der Waals surface area (Å²) in [6.07, 6.45) is 8.73. The average Bonchev–Trinajstić information content (AvgIpc) is 3.22. The summed E-state index contributed by atoms with van der Waals surface area (Å²) < 4.78 is 1.69. The number of amides is 2. The summed E-state index contributed by atoms with van der Waals surface area (Å²) in [6, 6.07) is 14.9. The Hall–Kier alpha value is -3.61. The number of aromatic nitrogens is 1. The molecule has 0 saturated heterocycles. The number of unbranched alkanes of at least 4 members (excludes halogenated alkanes) is 5. The number of benzene rings is 2. The number of carbonyl (C=O) groups is 3. The number of aryl methyl sites for hydroxylation is 1. The zero-order valence-corrected chi connectivity index (χ0v) is 24.4. The van der Waals surface area contributed by atoms with Gasteiger partial charge in [-0.2, -0.15) is 0 Å². The Labute approximate surface area is 238 Å². The molecule has 0 aliphatic carbocycles. The molecule has 0 atom stereocenters. The molecule has 0 spiro atoms. The first-order valence-corrected chi connectivity index (χ1v) is 14.7. The fourth-order valence-corrected chi connectivity index (χ4v) is 5.12. The molecule has 2 aromatic carbocycles. The van der Waals surface area contributed by atoms with Gasteiger partial charge < -0.3 is 15.3 Å². The summed E-state index contributed by atoms with van der Waals surface area (Å²) in [4.78, 5) is 40.0. The number of nitrogens with zero attached hydrogens (tertiary/aromatic N) is 2. The molecule has 0 aliphatic heterocycles. The summed E-state index contributed by atoms with van der Waals surface area (Å²) in [5.41, 5.74) is 3.32. The smallest absolute Gasteiger partial charge is 0.231 e. The minimum absolute atomic E-state index is 0.0296. The van der Waals surface area contributed by atoms with E-state index in [1.165, 1.54) is 0 Å². The molecular formula is C33H45N3O4. The second-order valence-electron chi connectivity index (χ2n) is 10.7. The van der Waals surface area contributed by atoms with Gasteiger partial charge in [0.05, 0.1) is 11.9 Å². The third-order valence-corrected chi connectivity index (χ3v) is 7.54. The van der Waals surface area contributed by atoms with Crippen LogP contribution < -0.4 is 5.32 Å². The van der Waals surface area contributed by atoms with Crippen LogP contribution in [-0.4, -0.2) is 52.4 Å². The van der Waals surface area contributed by atoms with Gasteiger partial charge in [-0.25, -0.2) is 0 Å². The second kappa shape index (κ2) is 15.8. The van der Waals surface area contributed by atoms with Gasteiger partial charge in [0.1, 0.15) is 5.75 Å². The largest absolute Gasteiger partial charge is 0.508 e. The number of aromatic hydroxyl groups is 1. The van der Waals surface area contributed by atoms with E-state index in [2.05, 4.69) is 12.2 Å². The zero-order chi connectivity index (χ0) is 28.9. The molecule has 7 nitrogen and oxygen atoms in total. The topological polar surface area (TPSA) is 91.6 Å². The molecule has 2 amide bonds. The molecule has 0 radical (unpaired) electrons. The van der Waals surface area contributed by atoms with Gasteiger partial charge in [-0.15, -0.1) is 0 Å². The van der Waals surface area contributed by atoms with Gasteiger partial charge in [0, 0.05) is 44.1 Å². The molecule has 1 heterocycles. The number of nitrogens with one attached hydrogen (secondary N) is 1. The second-order valence-corrected chi connectivity index (χ2v) is 10.7. The number of fused-ring (bicyclic) bond motifs is 1. The van der Waals surface area contributed by atoms with Crippen molar-refractivity contribution in [1.29, 1.82) is 0 Å². The number of phenols is 1. The van der Waals surface area contributed by atoms with Crippen LogP contribution in [0.15, 0.2) is 48.5 Å². The first-order chi connectivity index (χ1) is 19.3. The lowest BCUT2D eigenvalue weighted by atomic mass is 10.1. The maximum absolute atomic E-state index is 13.2. The van der Waals surface area contributed by atoms with Crippen molar-refractivity contribution in [3.8, 4) is 5.75 Å². The molecule has 0 aliphatic rings. The van der Waals surface area contributed by atoms with Crippen LogP contribution in [0.25, 0.3) is 10.9 Å². The van der Waals surface area contributed by atoms with Crippen molar-refractivity contribution in [1.82, 2.24) is 14.8 Å². The van der Waals surface area contributed by atoms with Gasteiger partial charge in [-0.05, 0) is 61.9 Å². The minimum atomic E-state index is -0.0945. The van der Waals surface area contributed by atoms with Crippen molar-refractivity contribution in [3.63, 3.8) is 0 Å². The highest BCUT2D eigenvalue weighted by molar-refractivity contribution is 5.98. The first-order valence-electron chi connectivity index (χ1n) is 14.7. The monoisotopic (exact) mass is 547 g/mol. The SMILES string of the molecule is CCCCN(C)C(=O)CCCCCCCNC(=O)Cc1c(C)n(C(=O)CCc2ccccc2)c2ccc(O)cc12. The van der Waals surface area contributed by atoms with Crippen molar-refractivity contribution < 1.29 is 19.5 Å². The number of rotatable bonds is 16. The summed E-state index contributed by atoms with van der Waals surface area (Å²) in [7, 11) is 1.88. The highest BCUT2D eigenvalue weighted by Crippen LogP contribution is 2.30. The average molecular weight is 548 g/mol. The Morgan fingerprint density at radius 2 is 1.65 bits per heavy atom. The molecule has 7 heteroatoms. The van der Waals surface area contributed by atoms with Gasteiger partial charge in [-0.1, -0.05) is 62.9 Å². The van der Waals surface area contributed by atoms with Crippen LogP contribution >= 0.6 is 0 Å². The molecular weight excluding hydrogens is 502 g/mol. The molecule has 2 N–H and O–H groups in total. The Balaban J connectivity index is 1.47. The standard InChI is InChI=1S/C33H45N3O4/c1-4-5-22-35(3)32(39)16-12-7-6-8-13-21-34-31(38)24-28-25(2)36(30-19-18-27(37)23-29(28)30)33(40)20-17-26-14-10-9-11-15-26/h9-11,14-15,18-19,23,37H,4-8,12-13,16-17,20-22,24H2,1-3H3,(H,34,38). The van der Waals surface area contributed by atoms with Gasteiger partial charge in [-0.3, -0.25) is 19.0 Å². The van der Waals surface area contributed by atoms with Gasteiger partial charge in [0.2, 0.25) is 17.7 Å². The van der Waals surface area contributed by atoms with Gasteiger partial charge in [0.15, 0.2) is 0 Å². The zero-order valence-electron chi connectivity index (χ0n) is 24.4. The quantitative estimate of drug-likeness (QED) is 0.209. The third kappa shape index (κ3) is 8.97. The maximum atomic E-state index is 13.2. The number of hydrogen-bond donors (Lipinski definition) is 2. The third-order valence-electron chi connectivity index (χ3n) is 7.54. The molecule has 0 unspecified atom stereocenters. The Morgan fingerprint density at radius 1 is 0.925 bits per heavy atom. The van der Waals surface area contributed by atoms with Crippen LogP contribution in [0.2, 0.25) is 0 Å². The number of hydrogen-bond acceptors (Lipinski definition) is 4. The van der Waals surface area contributed by atoms with Gasteiger partial charge >= 0.3 is 0 Å². The number of carbonyl (C=O) groups excluding carboxylic acids is 3. The van der Waals surface area contributed by atoms with E-state index in [-0.39, 0.29) is 29.9 Å². The van der Waals surface area contributed by atoms with E-state index in [0.29, 0.717) is 31.3 Å². The Kier molecular flexibility index (Phi) is 12.3. The molecule has 1 aromatic heterocycles. The molecule has 0 fully saturated rings. The molecule has 3 aromatic rings. The molecule has 40 heavy (non-hydrogen) atoms. The van der Waals surface area contributed by atoms with Crippen LogP contribution in [0.1, 0.15) is 86.3 Å². The van der Waals surface area contributed by atoms with Crippen molar-refractivity contribution in [2.45, 2.75) is 84.5 Å². The van der Waals surface area contributed by atoms with E-state index in [4.69, 9.17) is 0 Å². The van der Waals surface area contributed by atoms with E-state index in [9.17, 15) is 19.5 Å². The lowest BCUT2D eigenvalue weighted by molar-refractivity contribution is -0.130. The van der Waals surface area contributed by atoms with E-state index in [1.807, 2.05) is 49.2 Å². The summed E-state index contributed by atoms with van der Waals surface area (Å²) in [6.45, 7) is 5.42. The summed E-state index contributed by atoms with van der Waals surface area (Å²) in [5.74, 6) is 0.210. The normalized spacial score (nSPS) is 11.1. The Bertz CT molecular complexity index is 1270. The predicted octanol–water partition coefficient (Wildman–Crippen LogP) is 6.19. The Morgan fingerprint density at radius 3 is 2.40 bits per heavy atom. The van der Waals surface area contributed by atoms with E-state index in [0.717, 1.165) is 73.7 Å². The first kappa shape index (κ1) is 30.9. The van der Waals surface area contributed by atoms with Crippen molar-refractivity contribution in [3.05, 3.63) is 65.4 Å². The minimum Gasteiger partial charge on any atom is -0.508 e. The highest BCUT2D eigenvalue weighted by atomic mass is 16.3. The van der Waals surface area contributed by atoms with Crippen molar-refractivity contribution >= 4 is 28.6 Å². The van der Waals surface area contributed by atoms with E-state index < -0.39 is 0 Å². The van der Waals surface area contributed by atoms with Crippen LogP contribution in [0.4, 0.5) is 0 Å². The van der Waals surface area contributed by atoms with Crippen LogP contribution in [-0.2, 0) is 22.4 Å². The molecule has 216 valence electrons.